The number of aryl methyl sites for hydroxylation is 1. The number of imidazole rings is 1. The van der Waals surface area contributed by atoms with E-state index >= 15 is 0 Å². The van der Waals surface area contributed by atoms with Crippen LogP contribution in [0.5, 0.6) is 0 Å². The Morgan fingerprint density at radius 2 is 1.97 bits per heavy atom. The summed E-state index contributed by atoms with van der Waals surface area (Å²) in [7, 11) is 1.79. The van der Waals surface area contributed by atoms with E-state index < -0.39 is 5.91 Å². The summed E-state index contributed by atoms with van der Waals surface area (Å²) in [4.78, 5) is 29.7. The molecule has 1 amide bonds. The van der Waals surface area contributed by atoms with E-state index in [9.17, 15) is 9.59 Å². The monoisotopic (exact) mass is 438 g/mol. The lowest BCUT2D eigenvalue weighted by atomic mass is 9.68. The van der Waals surface area contributed by atoms with Gasteiger partial charge in [-0.05, 0) is 48.3 Å². The Morgan fingerprint density at radius 3 is 2.62 bits per heavy atom. The van der Waals surface area contributed by atoms with E-state index in [-0.39, 0.29) is 28.5 Å². The molecular formula is C24H34N6O2. The summed E-state index contributed by atoms with van der Waals surface area (Å²) in [5, 5.41) is 4.44. The Bertz CT molecular complexity index is 1220. The fraction of sp³-hybridized carbons (Fsp3) is 0.583. The minimum absolute atomic E-state index is 0.0130. The van der Waals surface area contributed by atoms with E-state index in [0.717, 1.165) is 36.1 Å². The van der Waals surface area contributed by atoms with Gasteiger partial charge in [0.1, 0.15) is 5.69 Å². The Morgan fingerprint density at radius 1 is 1.25 bits per heavy atom. The molecule has 3 aromatic heterocycles. The van der Waals surface area contributed by atoms with Gasteiger partial charge >= 0.3 is 5.69 Å². The third-order valence-electron chi connectivity index (χ3n) is 6.82. The van der Waals surface area contributed by atoms with Gasteiger partial charge in [-0.2, -0.15) is 5.10 Å². The number of hydrogen-bond donors (Lipinski definition) is 1. The van der Waals surface area contributed by atoms with Crippen LogP contribution in [-0.4, -0.2) is 29.8 Å². The van der Waals surface area contributed by atoms with Gasteiger partial charge in [0.25, 0.3) is 5.91 Å². The van der Waals surface area contributed by atoms with Crippen molar-refractivity contribution in [1.29, 1.82) is 0 Å². The van der Waals surface area contributed by atoms with E-state index in [4.69, 9.17) is 10.7 Å². The topological polar surface area (TPSA) is 101 Å². The first kappa shape index (κ1) is 22.3. The van der Waals surface area contributed by atoms with Crippen LogP contribution in [-0.2, 0) is 13.6 Å². The molecule has 0 spiro atoms. The predicted molar refractivity (Wildman–Crippen MR) is 125 cm³/mol. The molecule has 2 N–H and O–H groups in total. The van der Waals surface area contributed by atoms with Crippen molar-refractivity contribution in [3.63, 3.8) is 0 Å². The van der Waals surface area contributed by atoms with Crippen LogP contribution in [0, 0.1) is 10.8 Å². The van der Waals surface area contributed by atoms with Gasteiger partial charge in [0, 0.05) is 31.4 Å². The van der Waals surface area contributed by atoms with Crippen molar-refractivity contribution < 1.29 is 4.79 Å². The molecule has 4 rings (SSSR count). The summed E-state index contributed by atoms with van der Waals surface area (Å²) in [5.41, 5.74) is 8.52. The zero-order chi connectivity index (χ0) is 23.4. The Hall–Kier alpha value is -2.90. The second-order valence-electron chi connectivity index (χ2n) is 11.1. The van der Waals surface area contributed by atoms with Crippen LogP contribution in [0.25, 0.3) is 11.2 Å². The lowest BCUT2D eigenvalue weighted by molar-refractivity contribution is 0.0934. The van der Waals surface area contributed by atoms with Gasteiger partial charge in [-0.25, -0.2) is 9.78 Å². The highest BCUT2D eigenvalue weighted by Gasteiger charge is 2.40. The number of carbonyl (C=O) groups is 1. The van der Waals surface area contributed by atoms with Crippen molar-refractivity contribution in [3.8, 4) is 0 Å². The fourth-order valence-corrected chi connectivity index (χ4v) is 5.02. The number of primary amides is 1. The molecule has 0 radical (unpaired) electrons. The molecule has 3 aromatic rings. The SMILES string of the molecule is Cn1c(=O)n(CC(C)(C)C)c2ccc(C3CCC(C)(C)C(n4nccc4C(N)=O)C3)nc21. The molecule has 1 aliphatic rings. The standard InChI is InChI=1S/C24H34N6O2/c1-23(2,3)14-29-18-8-7-16(27-21(18)28(6)22(29)32)15-9-11-24(4,5)19(13-15)30-17(20(25)31)10-12-26-30/h7-8,10,12,15,19H,9,11,13-14H2,1-6H3,(H2,25,31). The number of amides is 1. The van der Waals surface area contributed by atoms with Gasteiger partial charge in [-0.3, -0.25) is 18.6 Å². The average Bonchev–Trinajstić information content (AvgIpc) is 3.27. The summed E-state index contributed by atoms with van der Waals surface area (Å²) in [6.07, 6.45) is 4.41. The van der Waals surface area contributed by atoms with E-state index in [0.29, 0.717) is 12.2 Å². The molecule has 3 heterocycles. The largest absolute Gasteiger partial charge is 0.364 e. The number of pyridine rings is 1. The van der Waals surface area contributed by atoms with Gasteiger partial charge in [0.15, 0.2) is 5.65 Å². The van der Waals surface area contributed by atoms with Crippen molar-refractivity contribution >= 4 is 17.1 Å². The van der Waals surface area contributed by atoms with Gasteiger partial charge in [0.05, 0.1) is 11.6 Å². The van der Waals surface area contributed by atoms with Crippen LogP contribution in [0.15, 0.2) is 29.2 Å². The first-order valence-corrected chi connectivity index (χ1v) is 11.3. The van der Waals surface area contributed by atoms with Crippen molar-refractivity contribution in [2.24, 2.45) is 23.6 Å². The number of aromatic nitrogens is 5. The number of nitrogens with zero attached hydrogens (tertiary/aromatic N) is 5. The Labute approximate surface area is 188 Å². The molecule has 8 heteroatoms. The van der Waals surface area contributed by atoms with E-state index in [1.165, 1.54) is 0 Å². The lowest BCUT2D eigenvalue weighted by Crippen LogP contribution is -2.36. The summed E-state index contributed by atoms with van der Waals surface area (Å²) >= 11 is 0. The number of rotatable bonds is 4. The van der Waals surface area contributed by atoms with E-state index in [2.05, 4.69) is 45.8 Å². The smallest absolute Gasteiger partial charge is 0.330 e. The molecule has 1 aliphatic carbocycles. The second-order valence-corrected chi connectivity index (χ2v) is 11.1. The molecule has 0 saturated heterocycles. The summed E-state index contributed by atoms with van der Waals surface area (Å²) in [6.45, 7) is 11.4. The van der Waals surface area contributed by atoms with Crippen molar-refractivity contribution in [2.45, 2.75) is 72.4 Å². The maximum Gasteiger partial charge on any atom is 0.330 e. The zero-order valence-corrected chi connectivity index (χ0v) is 19.9. The van der Waals surface area contributed by atoms with Crippen LogP contribution in [0.1, 0.15) is 82.0 Å². The highest BCUT2D eigenvalue weighted by molar-refractivity contribution is 5.91. The molecule has 0 aromatic carbocycles. The van der Waals surface area contributed by atoms with Crippen LogP contribution in [0.4, 0.5) is 0 Å². The molecule has 0 aliphatic heterocycles. The van der Waals surface area contributed by atoms with Crippen molar-refractivity contribution in [1.82, 2.24) is 23.9 Å². The van der Waals surface area contributed by atoms with Gasteiger partial charge in [-0.1, -0.05) is 34.6 Å². The van der Waals surface area contributed by atoms with E-state index in [1.807, 2.05) is 10.6 Å². The van der Waals surface area contributed by atoms with E-state index in [1.54, 1.807) is 28.6 Å². The Balaban J connectivity index is 1.71. The molecule has 2 atom stereocenters. The van der Waals surface area contributed by atoms with Crippen molar-refractivity contribution in [3.05, 3.63) is 46.3 Å². The van der Waals surface area contributed by atoms with Crippen molar-refractivity contribution in [2.75, 3.05) is 0 Å². The molecular weight excluding hydrogens is 404 g/mol. The minimum Gasteiger partial charge on any atom is -0.364 e. The molecule has 0 bridgehead atoms. The summed E-state index contributed by atoms with van der Waals surface area (Å²) in [6, 6.07) is 5.80. The van der Waals surface area contributed by atoms with Crippen LogP contribution >= 0.6 is 0 Å². The minimum atomic E-state index is -0.463. The number of hydrogen-bond acceptors (Lipinski definition) is 4. The summed E-state index contributed by atoms with van der Waals surface area (Å²) in [5.74, 6) is -0.251. The number of carbonyl (C=O) groups excluding carboxylic acids is 1. The highest BCUT2D eigenvalue weighted by Crippen LogP contribution is 2.49. The fourth-order valence-electron chi connectivity index (χ4n) is 5.02. The third kappa shape index (κ3) is 3.87. The van der Waals surface area contributed by atoms with Crippen LogP contribution in [0.2, 0.25) is 0 Å². The quantitative estimate of drug-likeness (QED) is 0.672. The van der Waals surface area contributed by atoms with Crippen LogP contribution in [0.3, 0.4) is 0 Å². The Kier molecular flexibility index (Phi) is 5.30. The maximum atomic E-state index is 12.9. The summed E-state index contributed by atoms with van der Waals surface area (Å²) < 4.78 is 5.26. The number of fused-ring (bicyclic) bond motifs is 1. The molecule has 1 saturated carbocycles. The number of nitrogens with two attached hydrogens (primary N) is 1. The zero-order valence-electron chi connectivity index (χ0n) is 19.9. The first-order valence-electron chi connectivity index (χ1n) is 11.3. The molecule has 32 heavy (non-hydrogen) atoms. The molecule has 172 valence electrons. The molecule has 2 unspecified atom stereocenters. The molecule has 1 fully saturated rings. The normalized spacial score (nSPS) is 21.2. The maximum absolute atomic E-state index is 12.9. The van der Waals surface area contributed by atoms with Crippen LogP contribution < -0.4 is 11.4 Å². The second kappa shape index (κ2) is 7.60. The first-order chi connectivity index (χ1) is 14.9. The highest BCUT2D eigenvalue weighted by atomic mass is 16.2. The third-order valence-corrected chi connectivity index (χ3v) is 6.82. The lowest BCUT2D eigenvalue weighted by Gasteiger charge is -2.42. The average molecular weight is 439 g/mol. The van der Waals surface area contributed by atoms with Gasteiger partial charge < -0.3 is 5.73 Å². The predicted octanol–water partition coefficient (Wildman–Crippen LogP) is 3.61. The van der Waals surface area contributed by atoms with Gasteiger partial charge in [0.2, 0.25) is 0 Å². The van der Waals surface area contributed by atoms with Gasteiger partial charge in [-0.15, -0.1) is 0 Å². The molecule has 8 nitrogen and oxygen atoms in total.